The van der Waals surface area contributed by atoms with E-state index < -0.39 is 25.0 Å². The topological polar surface area (TPSA) is 29.5 Å². The minimum absolute atomic E-state index is 0.0264. The van der Waals surface area contributed by atoms with E-state index in [1.807, 2.05) is 0 Å². The maximum atomic E-state index is 13.1. The summed E-state index contributed by atoms with van der Waals surface area (Å²) in [5, 5.41) is 8.47. The van der Waals surface area contributed by atoms with Crippen LogP contribution in [0.5, 0.6) is 5.75 Å². The first-order valence-corrected chi connectivity index (χ1v) is 5.00. The zero-order chi connectivity index (χ0) is 13.6. The Morgan fingerprint density at radius 1 is 1.22 bits per heavy atom. The van der Waals surface area contributed by atoms with Crippen LogP contribution in [0.2, 0.25) is 0 Å². The van der Waals surface area contributed by atoms with E-state index in [9.17, 15) is 17.6 Å². The second-order valence-electron chi connectivity index (χ2n) is 3.35. The van der Waals surface area contributed by atoms with Gasteiger partial charge in [-0.3, -0.25) is 0 Å². The Kier molecular flexibility index (Phi) is 4.98. The highest BCUT2D eigenvalue weighted by atomic mass is 19.4. The van der Waals surface area contributed by atoms with E-state index >= 15 is 0 Å². The lowest BCUT2D eigenvalue weighted by molar-refractivity contribution is -0.139. The fourth-order valence-corrected chi connectivity index (χ4v) is 1.14. The van der Waals surface area contributed by atoms with Gasteiger partial charge in [-0.1, -0.05) is 11.8 Å². The highest BCUT2D eigenvalue weighted by Gasteiger charge is 2.26. The lowest BCUT2D eigenvalue weighted by Crippen LogP contribution is -2.13. The van der Waals surface area contributed by atoms with E-state index in [0.29, 0.717) is 0 Å². The zero-order valence-corrected chi connectivity index (χ0v) is 9.22. The molecule has 0 saturated carbocycles. The minimum atomic E-state index is -4.31. The van der Waals surface area contributed by atoms with E-state index in [2.05, 4.69) is 11.8 Å². The standard InChI is InChI=1S/C12H10F4O2/c13-10-6-9(2-1-4-17)7-11(8-10)18-5-3-12(14,15)16/h6-8,17H,3-5H2. The summed E-state index contributed by atoms with van der Waals surface area (Å²) in [4.78, 5) is 0. The predicted octanol–water partition coefficient (Wildman–Crippen LogP) is 2.50. The van der Waals surface area contributed by atoms with Gasteiger partial charge in [0.05, 0.1) is 13.0 Å². The molecular formula is C12H10F4O2. The summed E-state index contributed by atoms with van der Waals surface area (Å²) in [5.74, 6) is 4.05. The van der Waals surface area contributed by atoms with Crippen molar-refractivity contribution < 1.29 is 27.4 Å². The smallest absolute Gasteiger partial charge is 0.392 e. The molecule has 1 rings (SSSR count). The van der Waals surface area contributed by atoms with E-state index in [-0.39, 0.29) is 17.9 Å². The summed E-state index contributed by atoms with van der Waals surface area (Å²) >= 11 is 0. The number of hydrogen-bond acceptors (Lipinski definition) is 2. The maximum absolute atomic E-state index is 13.1. The Bertz CT molecular complexity index is 457. The van der Waals surface area contributed by atoms with Crippen LogP contribution in [0.3, 0.4) is 0 Å². The highest BCUT2D eigenvalue weighted by molar-refractivity contribution is 5.40. The molecule has 0 amide bonds. The molecule has 1 aromatic rings. The number of hydrogen-bond donors (Lipinski definition) is 1. The average molecular weight is 262 g/mol. The monoisotopic (exact) mass is 262 g/mol. The van der Waals surface area contributed by atoms with Crippen LogP contribution in [0.4, 0.5) is 17.6 Å². The van der Waals surface area contributed by atoms with Crippen LogP contribution in [0.1, 0.15) is 12.0 Å². The van der Waals surface area contributed by atoms with Gasteiger partial charge in [-0.25, -0.2) is 4.39 Å². The second-order valence-corrected chi connectivity index (χ2v) is 3.35. The Hall–Kier alpha value is -1.74. The third kappa shape index (κ3) is 5.55. The molecule has 1 aromatic carbocycles. The fourth-order valence-electron chi connectivity index (χ4n) is 1.14. The van der Waals surface area contributed by atoms with Gasteiger partial charge in [0.2, 0.25) is 0 Å². The van der Waals surface area contributed by atoms with Crippen molar-refractivity contribution in [3.63, 3.8) is 0 Å². The molecule has 0 aliphatic carbocycles. The van der Waals surface area contributed by atoms with E-state index in [4.69, 9.17) is 9.84 Å². The molecule has 0 bridgehead atoms. The molecule has 0 radical (unpaired) electrons. The summed E-state index contributed by atoms with van der Waals surface area (Å²) in [6.07, 6.45) is -5.42. The number of aliphatic hydroxyl groups excluding tert-OH is 1. The molecule has 0 heterocycles. The van der Waals surface area contributed by atoms with Crippen molar-refractivity contribution in [2.75, 3.05) is 13.2 Å². The molecule has 2 nitrogen and oxygen atoms in total. The molecule has 1 N–H and O–H groups in total. The summed E-state index contributed by atoms with van der Waals surface area (Å²) in [6.45, 7) is -0.972. The van der Waals surface area contributed by atoms with Gasteiger partial charge in [0.25, 0.3) is 0 Å². The van der Waals surface area contributed by atoms with Crippen LogP contribution in [-0.2, 0) is 0 Å². The highest BCUT2D eigenvalue weighted by Crippen LogP contribution is 2.21. The van der Waals surface area contributed by atoms with Gasteiger partial charge in [-0.05, 0) is 12.1 Å². The van der Waals surface area contributed by atoms with Crippen LogP contribution >= 0.6 is 0 Å². The van der Waals surface area contributed by atoms with Crippen LogP contribution < -0.4 is 4.74 Å². The maximum Gasteiger partial charge on any atom is 0.392 e. The van der Waals surface area contributed by atoms with Crippen molar-refractivity contribution in [3.05, 3.63) is 29.6 Å². The molecule has 0 aliphatic heterocycles. The molecule has 18 heavy (non-hydrogen) atoms. The zero-order valence-electron chi connectivity index (χ0n) is 9.22. The van der Waals surface area contributed by atoms with E-state index in [1.54, 1.807) is 0 Å². The van der Waals surface area contributed by atoms with Gasteiger partial charge in [0, 0.05) is 11.6 Å². The first kappa shape index (κ1) is 14.3. The van der Waals surface area contributed by atoms with Gasteiger partial charge < -0.3 is 9.84 Å². The van der Waals surface area contributed by atoms with E-state index in [0.717, 1.165) is 12.1 Å². The Balaban J connectivity index is 2.68. The largest absolute Gasteiger partial charge is 0.493 e. The minimum Gasteiger partial charge on any atom is -0.493 e. The van der Waals surface area contributed by atoms with Gasteiger partial charge in [0.1, 0.15) is 18.2 Å². The average Bonchev–Trinajstić information content (AvgIpc) is 2.24. The second kappa shape index (κ2) is 6.26. The van der Waals surface area contributed by atoms with Crippen molar-refractivity contribution in [3.8, 4) is 17.6 Å². The molecule has 0 atom stereocenters. The molecule has 0 spiro atoms. The Labute approximate surface area is 101 Å². The molecule has 6 heteroatoms. The molecular weight excluding hydrogens is 252 g/mol. The molecule has 98 valence electrons. The van der Waals surface area contributed by atoms with E-state index in [1.165, 1.54) is 6.07 Å². The van der Waals surface area contributed by atoms with Gasteiger partial charge in [0.15, 0.2) is 0 Å². The fraction of sp³-hybridized carbons (Fsp3) is 0.333. The number of ether oxygens (including phenoxy) is 1. The first-order chi connectivity index (χ1) is 8.40. The van der Waals surface area contributed by atoms with Crippen molar-refractivity contribution >= 4 is 0 Å². The Morgan fingerprint density at radius 3 is 2.56 bits per heavy atom. The molecule has 0 aliphatic rings. The molecule has 0 fully saturated rings. The number of alkyl halides is 3. The number of rotatable bonds is 3. The van der Waals surface area contributed by atoms with Crippen molar-refractivity contribution in [1.82, 2.24) is 0 Å². The van der Waals surface area contributed by atoms with Gasteiger partial charge in [-0.2, -0.15) is 13.2 Å². The summed E-state index contributed by atoms with van der Waals surface area (Å²) in [5.41, 5.74) is 0.228. The number of aliphatic hydroxyl groups is 1. The molecule has 0 aromatic heterocycles. The summed E-state index contributed by atoms with van der Waals surface area (Å²) in [7, 11) is 0. The first-order valence-electron chi connectivity index (χ1n) is 5.00. The van der Waals surface area contributed by atoms with Crippen LogP contribution in [0.25, 0.3) is 0 Å². The van der Waals surface area contributed by atoms with Crippen molar-refractivity contribution in [1.29, 1.82) is 0 Å². The summed E-state index contributed by atoms with van der Waals surface area (Å²) in [6, 6.07) is 3.38. The normalized spacial score (nSPS) is 10.7. The lowest BCUT2D eigenvalue weighted by Gasteiger charge is -2.09. The molecule has 0 saturated heterocycles. The quantitative estimate of drug-likeness (QED) is 0.670. The van der Waals surface area contributed by atoms with Crippen LogP contribution in [0.15, 0.2) is 18.2 Å². The number of benzene rings is 1. The summed E-state index contributed by atoms with van der Waals surface area (Å²) < 4.78 is 53.5. The predicted molar refractivity (Wildman–Crippen MR) is 56.5 cm³/mol. The third-order valence-electron chi connectivity index (χ3n) is 1.84. The molecule has 0 unspecified atom stereocenters. The van der Waals surface area contributed by atoms with Crippen LogP contribution in [-0.4, -0.2) is 24.5 Å². The SMILES string of the molecule is OCC#Cc1cc(F)cc(OCCC(F)(F)F)c1. The third-order valence-corrected chi connectivity index (χ3v) is 1.84. The Morgan fingerprint density at radius 2 is 1.94 bits per heavy atom. The van der Waals surface area contributed by atoms with Gasteiger partial charge in [-0.15, -0.1) is 0 Å². The lowest BCUT2D eigenvalue weighted by atomic mass is 10.2. The van der Waals surface area contributed by atoms with Crippen LogP contribution in [0, 0.1) is 17.7 Å². The van der Waals surface area contributed by atoms with Crippen molar-refractivity contribution in [2.45, 2.75) is 12.6 Å². The van der Waals surface area contributed by atoms with Gasteiger partial charge >= 0.3 is 6.18 Å². The number of halogens is 4. The van der Waals surface area contributed by atoms with Crippen molar-refractivity contribution in [2.24, 2.45) is 0 Å².